The molecule has 0 aliphatic carbocycles. The van der Waals surface area contributed by atoms with Crippen LogP contribution in [0.2, 0.25) is 5.02 Å². The predicted octanol–water partition coefficient (Wildman–Crippen LogP) is 4.18. The van der Waals surface area contributed by atoms with Gasteiger partial charge in [-0.2, -0.15) is 0 Å². The first-order valence-corrected chi connectivity index (χ1v) is 8.28. The molecule has 0 amide bonds. The minimum absolute atomic E-state index is 0.0463. The van der Waals surface area contributed by atoms with Gasteiger partial charge in [0.25, 0.3) is 5.56 Å². The van der Waals surface area contributed by atoms with Crippen molar-refractivity contribution >= 4 is 22.5 Å². The zero-order chi connectivity index (χ0) is 18.1. The highest BCUT2D eigenvalue weighted by atomic mass is 35.5. The van der Waals surface area contributed by atoms with Gasteiger partial charge in [-0.1, -0.05) is 25.4 Å². The maximum absolute atomic E-state index is 13.3. The van der Waals surface area contributed by atoms with Gasteiger partial charge in [0.15, 0.2) is 0 Å². The van der Waals surface area contributed by atoms with Crippen molar-refractivity contribution in [2.24, 2.45) is 0 Å². The van der Waals surface area contributed by atoms with Crippen molar-refractivity contribution in [1.29, 1.82) is 0 Å². The second kappa shape index (κ2) is 6.76. The Labute approximate surface area is 150 Å². The molecule has 3 aromatic rings. The summed E-state index contributed by atoms with van der Waals surface area (Å²) < 4.78 is 12.3. The third-order valence-electron chi connectivity index (χ3n) is 3.99. The van der Waals surface area contributed by atoms with E-state index in [1.165, 1.54) is 7.11 Å². The zero-order valence-electron chi connectivity index (χ0n) is 14.5. The molecule has 0 bridgehead atoms. The van der Waals surface area contributed by atoms with E-state index in [0.29, 0.717) is 38.9 Å². The first-order chi connectivity index (χ1) is 12.0. The van der Waals surface area contributed by atoms with Crippen LogP contribution in [0, 0.1) is 0 Å². The largest absolute Gasteiger partial charge is 0.497 e. The summed E-state index contributed by atoms with van der Waals surface area (Å²) in [5.41, 5.74) is 1.08. The van der Waals surface area contributed by atoms with Crippen LogP contribution in [0.25, 0.3) is 16.6 Å². The van der Waals surface area contributed by atoms with Crippen LogP contribution in [0.1, 0.15) is 25.6 Å². The van der Waals surface area contributed by atoms with E-state index in [2.05, 4.69) is 0 Å². The average molecular weight is 359 g/mol. The lowest BCUT2D eigenvalue weighted by Crippen LogP contribution is -2.25. The number of fused-ring (bicyclic) bond motifs is 1. The lowest BCUT2D eigenvalue weighted by molar-refractivity contribution is 0.397. The van der Waals surface area contributed by atoms with E-state index in [-0.39, 0.29) is 11.5 Å². The fraction of sp³-hybridized carbons (Fsp3) is 0.263. The number of methoxy groups -OCH3 is 2. The average Bonchev–Trinajstić information content (AvgIpc) is 2.61. The Morgan fingerprint density at radius 2 is 1.76 bits per heavy atom. The van der Waals surface area contributed by atoms with Gasteiger partial charge in [-0.05, 0) is 24.3 Å². The minimum Gasteiger partial charge on any atom is -0.497 e. The highest BCUT2D eigenvalue weighted by Crippen LogP contribution is 2.29. The molecule has 0 atom stereocenters. The van der Waals surface area contributed by atoms with Crippen LogP contribution in [-0.4, -0.2) is 23.8 Å². The van der Waals surface area contributed by atoms with E-state index in [1.54, 1.807) is 48.1 Å². The third-order valence-corrected chi connectivity index (χ3v) is 4.24. The standard InChI is InChI=1S/C19H19ClN2O3/c1-11(2)18-21-15-9-14(24-3)10-16(25-4)17(15)19(23)22(18)13-7-5-12(20)6-8-13/h5-11H,1-4H3. The summed E-state index contributed by atoms with van der Waals surface area (Å²) in [5.74, 6) is 1.74. The number of benzene rings is 2. The summed E-state index contributed by atoms with van der Waals surface area (Å²) in [5, 5.41) is 1.03. The summed E-state index contributed by atoms with van der Waals surface area (Å²) in [7, 11) is 3.09. The Morgan fingerprint density at radius 1 is 1.08 bits per heavy atom. The van der Waals surface area contributed by atoms with E-state index >= 15 is 0 Å². The SMILES string of the molecule is COc1cc(OC)c2c(=O)n(-c3ccc(Cl)cc3)c(C(C)C)nc2c1. The van der Waals surface area contributed by atoms with Crippen molar-refractivity contribution in [3.05, 3.63) is 57.6 Å². The Hall–Kier alpha value is -2.53. The quantitative estimate of drug-likeness (QED) is 0.702. The maximum Gasteiger partial charge on any atom is 0.269 e. The van der Waals surface area contributed by atoms with Crippen molar-refractivity contribution in [2.45, 2.75) is 19.8 Å². The first kappa shape index (κ1) is 17.3. The first-order valence-electron chi connectivity index (χ1n) is 7.91. The molecule has 0 spiro atoms. The van der Waals surface area contributed by atoms with Crippen molar-refractivity contribution in [1.82, 2.24) is 9.55 Å². The van der Waals surface area contributed by atoms with Crippen molar-refractivity contribution in [2.75, 3.05) is 14.2 Å². The Morgan fingerprint density at radius 3 is 2.32 bits per heavy atom. The molecule has 130 valence electrons. The third kappa shape index (κ3) is 3.07. The summed E-state index contributed by atoms with van der Waals surface area (Å²) in [6, 6.07) is 10.5. The summed E-state index contributed by atoms with van der Waals surface area (Å²) in [6.07, 6.45) is 0. The van der Waals surface area contributed by atoms with Crippen molar-refractivity contribution in [3.63, 3.8) is 0 Å². The Balaban J connectivity index is 2.43. The molecule has 1 aromatic heterocycles. The van der Waals surface area contributed by atoms with Gasteiger partial charge < -0.3 is 9.47 Å². The van der Waals surface area contributed by atoms with Crippen LogP contribution in [0.15, 0.2) is 41.2 Å². The molecule has 0 aliphatic heterocycles. The molecule has 0 saturated carbocycles. The van der Waals surface area contributed by atoms with E-state index in [4.69, 9.17) is 26.1 Å². The number of halogens is 1. The monoisotopic (exact) mass is 358 g/mol. The van der Waals surface area contributed by atoms with Crippen molar-refractivity contribution in [3.8, 4) is 17.2 Å². The second-order valence-electron chi connectivity index (χ2n) is 5.97. The smallest absolute Gasteiger partial charge is 0.269 e. The van der Waals surface area contributed by atoms with Gasteiger partial charge in [0, 0.05) is 23.1 Å². The van der Waals surface area contributed by atoms with Crippen LogP contribution in [-0.2, 0) is 0 Å². The molecule has 3 rings (SSSR count). The number of hydrogen-bond donors (Lipinski definition) is 0. The predicted molar refractivity (Wildman–Crippen MR) is 99.5 cm³/mol. The second-order valence-corrected chi connectivity index (χ2v) is 6.40. The molecule has 1 heterocycles. The van der Waals surface area contributed by atoms with Crippen LogP contribution >= 0.6 is 11.6 Å². The molecule has 0 N–H and O–H groups in total. The highest BCUT2D eigenvalue weighted by Gasteiger charge is 2.19. The molecule has 0 aliphatic rings. The highest BCUT2D eigenvalue weighted by molar-refractivity contribution is 6.30. The number of nitrogens with zero attached hydrogens (tertiary/aromatic N) is 2. The number of rotatable bonds is 4. The van der Waals surface area contributed by atoms with Crippen LogP contribution in [0.4, 0.5) is 0 Å². The van der Waals surface area contributed by atoms with Crippen molar-refractivity contribution < 1.29 is 9.47 Å². The van der Waals surface area contributed by atoms with E-state index in [9.17, 15) is 4.79 Å². The Bertz CT molecular complexity index is 979. The summed E-state index contributed by atoms with van der Waals surface area (Å²) in [6.45, 7) is 3.99. The summed E-state index contributed by atoms with van der Waals surface area (Å²) >= 11 is 5.98. The van der Waals surface area contributed by atoms with Gasteiger partial charge in [0.2, 0.25) is 0 Å². The van der Waals surface area contributed by atoms with E-state index < -0.39 is 0 Å². The Kier molecular flexibility index (Phi) is 4.68. The molecule has 0 radical (unpaired) electrons. The molecule has 0 fully saturated rings. The van der Waals surface area contributed by atoms with Gasteiger partial charge in [0.05, 0.1) is 25.4 Å². The normalized spacial score (nSPS) is 11.1. The van der Waals surface area contributed by atoms with Gasteiger partial charge in [-0.3, -0.25) is 9.36 Å². The molecule has 2 aromatic carbocycles. The van der Waals surface area contributed by atoms with Crippen LogP contribution < -0.4 is 15.0 Å². The number of ether oxygens (including phenoxy) is 2. The van der Waals surface area contributed by atoms with E-state index in [0.717, 1.165) is 0 Å². The molecule has 25 heavy (non-hydrogen) atoms. The fourth-order valence-electron chi connectivity index (χ4n) is 2.77. The van der Waals surface area contributed by atoms with Gasteiger partial charge >= 0.3 is 0 Å². The lowest BCUT2D eigenvalue weighted by Gasteiger charge is -2.17. The molecule has 0 saturated heterocycles. The number of hydrogen-bond acceptors (Lipinski definition) is 4. The zero-order valence-corrected chi connectivity index (χ0v) is 15.3. The molecule has 5 nitrogen and oxygen atoms in total. The molecule has 6 heteroatoms. The van der Waals surface area contributed by atoms with Gasteiger partial charge in [-0.15, -0.1) is 0 Å². The molecular weight excluding hydrogens is 340 g/mol. The fourth-order valence-corrected chi connectivity index (χ4v) is 2.90. The molecule has 0 unspecified atom stereocenters. The van der Waals surface area contributed by atoms with Crippen LogP contribution in [0.3, 0.4) is 0 Å². The summed E-state index contributed by atoms with van der Waals surface area (Å²) in [4.78, 5) is 18.0. The lowest BCUT2D eigenvalue weighted by atomic mass is 10.1. The number of aromatic nitrogens is 2. The van der Waals surface area contributed by atoms with Gasteiger partial charge in [-0.25, -0.2) is 4.98 Å². The van der Waals surface area contributed by atoms with E-state index in [1.807, 2.05) is 13.8 Å². The minimum atomic E-state index is -0.185. The maximum atomic E-state index is 13.3. The van der Waals surface area contributed by atoms with Gasteiger partial charge in [0.1, 0.15) is 22.7 Å². The molecular formula is C19H19ClN2O3. The topological polar surface area (TPSA) is 53.4 Å². The van der Waals surface area contributed by atoms with Crippen LogP contribution in [0.5, 0.6) is 11.5 Å².